The van der Waals surface area contributed by atoms with Crippen molar-refractivity contribution >= 4 is 5.91 Å². The Morgan fingerprint density at radius 2 is 2.12 bits per heavy atom. The number of methoxy groups -OCH3 is 1. The SMILES string of the molecule is CCCNC(CCN(CC)CCOC)C(N)=O. The number of amides is 1. The number of hydrogen-bond donors (Lipinski definition) is 2. The van der Waals surface area contributed by atoms with Crippen LogP contribution in [-0.2, 0) is 9.53 Å². The molecule has 1 atom stereocenters. The first-order valence-corrected chi connectivity index (χ1v) is 6.39. The van der Waals surface area contributed by atoms with Crippen LogP contribution in [0.25, 0.3) is 0 Å². The predicted molar refractivity (Wildman–Crippen MR) is 69.9 cm³/mol. The smallest absolute Gasteiger partial charge is 0.234 e. The van der Waals surface area contributed by atoms with E-state index in [0.717, 1.165) is 45.6 Å². The molecule has 0 bridgehead atoms. The molecule has 5 nitrogen and oxygen atoms in total. The maximum Gasteiger partial charge on any atom is 0.234 e. The lowest BCUT2D eigenvalue weighted by Crippen LogP contribution is -2.44. The maximum atomic E-state index is 11.2. The molecule has 0 radical (unpaired) electrons. The van der Waals surface area contributed by atoms with Crippen molar-refractivity contribution in [3.05, 3.63) is 0 Å². The molecule has 0 saturated carbocycles. The summed E-state index contributed by atoms with van der Waals surface area (Å²) in [6, 6.07) is -0.216. The Morgan fingerprint density at radius 1 is 1.41 bits per heavy atom. The largest absolute Gasteiger partial charge is 0.383 e. The summed E-state index contributed by atoms with van der Waals surface area (Å²) in [4.78, 5) is 13.5. The van der Waals surface area contributed by atoms with Crippen LogP contribution >= 0.6 is 0 Å². The zero-order chi connectivity index (χ0) is 13.1. The zero-order valence-electron chi connectivity index (χ0n) is 11.4. The van der Waals surface area contributed by atoms with Crippen LogP contribution < -0.4 is 11.1 Å². The zero-order valence-corrected chi connectivity index (χ0v) is 11.4. The number of hydrogen-bond acceptors (Lipinski definition) is 4. The van der Waals surface area contributed by atoms with Crippen LogP contribution in [-0.4, -0.2) is 56.7 Å². The van der Waals surface area contributed by atoms with Crippen molar-refractivity contribution in [2.45, 2.75) is 32.7 Å². The summed E-state index contributed by atoms with van der Waals surface area (Å²) in [5.41, 5.74) is 5.36. The van der Waals surface area contributed by atoms with Crippen LogP contribution in [0.4, 0.5) is 0 Å². The molecule has 0 spiro atoms. The monoisotopic (exact) mass is 245 g/mol. The van der Waals surface area contributed by atoms with Gasteiger partial charge in [0.15, 0.2) is 0 Å². The number of carbonyl (C=O) groups is 1. The van der Waals surface area contributed by atoms with Gasteiger partial charge in [-0.3, -0.25) is 4.79 Å². The molecule has 102 valence electrons. The topological polar surface area (TPSA) is 67.6 Å². The molecular formula is C12H27N3O2. The summed E-state index contributed by atoms with van der Waals surface area (Å²) in [5.74, 6) is -0.263. The number of ether oxygens (including phenoxy) is 1. The predicted octanol–water partition coefficient (Wildman–Crippen LogP) is 0.198. The third kappa shape index (κ3) is 8.12. The lowest BCUT2D eigenvalue weighted by atomic mass is 10.2. The number of likely N-dealkylation sites (N-methyl/N-ethyl adjacent to an activating group) is 1. The van der Waals surface area contributed by atoms with Gasteiger partial charge in [-0.2, -0.15) is 0 Å². The summed E-state index contributed by atoms with van der Waals surface area (Å²) < 4.78 is 5.04. The molecule has 1 amide bonds. The molecule has 3 N–H and O–H groups in total. The highest BCUT2D eigenvalue weighted by molar-refractivity contribution is 5.79. The molecule has 0 fully saturated rings. The molecule has 0 aromatic rings. The van der Waals surface area contributed by atoms with Crippen LogP contribution in [0.1, 0.15) is 26.7 Å². The first-order valence-electron chi connectivity index (χ1n) is 6.39. The fourth-order valence-electron chi connectivity index (χ4n) is 1.62. The number of nitrogens with one attached hydrogen (secondary N) is 1. The molecule has 5 heteroatoms. The van der Waals surface area contributed by atoms with Crippen LogP contribution in [0.15, 0.2) is 0 Å². The van der Waals surface area contributed by atoms with E-state index in [4.69, 9.17) is 10.5 Å². The summed E-state index contributed by atoms with van der Waals surface area (Å²) in [7, 11) is 1.70. The van der Waals surface area contributed by atoms with Crippen molar-refractivity contribution in [3.8, 4) is 0 Å². The Kier molecular flexibility index (Phi) is 10.1. The molecule has 0 aliphatic carbocycles. The van der Waals surface area contributed by atoms with E-state index in [1.807, 2.05) is 0 Å². The number of nitrogens with two attached hydrogens (primary N) is 1. The molecule has 0 saturated heterocycles. The highest BCUT2D eigenvalue weighted by atomic mass is 16.5. The highest BCUT2D eigenvalue weighted by Crippen LogP contribution is 1.97. The number of primary amides is 1. The summed E-state index contributed by atoms with van der Waals surface area (Å²) in [6.07, 6.45) is 1.76. The van der Waals surface area contributed by atoms with E-state index in [1.54, 1.807) is 7.11 Å². The second-order valence-corrected chi connectivity index (χ2v) is 4.12. The lowest BCUT2D eigenvalue weighted by molar-refractivity contribution is -0.120. The molecule has 0 rings (SSSR count). The molecular weight excluding hydrogens is 218 g/mol. The van der Waals surface area contributed by atoms with Crippen LogP contribution in [0.3, 0.4) is 0 Å². The summed E-state index contributed by atoms with van der Waals surface area (Å²) in [5, 5.41) is 3.17. The van der Waals surface area contributed by atoms with E-state index < -0.39 is 0 Å². The molecule has 0 aliphatic rings. The van der Waals surface area contributed by atoms with Gasteiger partial charge in [-0.25, -0.2) is 0 Å². The maximum absolute atomic E-state index is 11.2. The van der Waals surface area contributed by atoms with Gasteiger partial charge in [0, 0.05) is 20.2 Å². The molecule has 0 aliphatic heterocycles. The minimum Gasteiger partial charge on any atom is -0.383 e. The van der Waals surface area contributed by atoms with Gasteiger partial charge in [0.2, 0.25) is 5.91 Å². The molecule has 0 aromatic heterocycles. The Labute approximate surface area is 105 Å². The molecule has 17 heavy (non-hydrogen) atoms. The Morgan fingerprint density at radius 3 is 2.59 bits per heavy atom. The second-order valence-electron chi connectivity index (χ2n) is 4.12. The number of carbonyl (C=O) groups excluding carboxylic acids is 1. The van der Waals surface area contributed by atoms with Gasteiger partial charge in [0.1, 0.15) is 0 Å². The van der Waals surface area contributed by atoms with Crippen LogP contribution in [0.2, 0.25) is 0 Å². The van der Waals surface area contributed by atoms with Gasteiger partial charge in [-0.1, -0.05) is 13.8 Å². The van der Waals surface area contributed by atoms with Gasteiger partial charge in [0.05, 0.1) is 12.6 Å². The number of nitrogens with zero attached hydrogens (tertiary/aromatic N) is 1. The average molecular weight is 245 g/mol. The Bertz CT molecular complexity index is 200. The van der Waals surface area contributed by atoms with E-state index in [9.17, 15) is 4.79 Å². The van der Waals surface area contributed by atoms with Crippen molar-refractivity contribution in [1.29, 1.82) is 0 Å². The quantitative estimate of drug-likeness (QED) is 0.545. The van der Waals surface area contributed by atoms with E-state index in [2.05, 4.69) is 24.1 Å². The summed E-state index contributed by atoms with van der Waals surface area (Å²) in [6.45, 7) is 8.45. The fraction of sp³-hybridized carbons (Fsp3) is 0.917. The third-order valence-electron chi connectivity index (χ3n) is 2.78. The fourth-order valence-corrected chi connectivity index (χ4v) is 1.62. The highest BCUT2D eigenvalue weighted by Gasteiger charge is 2.15. The van der Waals surface area contributed by atoms with Crippen molar-refractivity contribution < 1.29 is 9.53 Å². The second kappa shape index (κ2) is 10.5. The normalized spacial score (nSPS) is 12.9. The third-order valence-corrected chi connectivity index (χ3v) is 2.78. The van der Waals surface area contributed by atoms with Gasteiger partial charge >= 0.3 is 0 Å². The van der Waals surface area contributed by atoms with Crippen molar-refractivity contribution in [3.63, 3.8) is 0 Å². The van der Waals surface area contributed by atoms with E-state index in [1.165, 1.54) is 0 Å². The van der Waals surface area contributed by atoms with Gasteiger partial charge < -0.3 is 20.7 Å². The Hall–Kier alpha value is -0.650. The lowest BCUT2D eigenvalue weighted by Gasteiger charge is -2.22. The molecule has 0 aromatic carbocycles. The first kappa shape index (κ1) is 16.4. The van der Waals surface area contributed by atoms with Gasteiger partial charge in [-0.15, -0.1) is 0 Å². The first-order chi connectivity index (χ1) is 8.15. The van der Waals surface area contributed by atoms with E-state index >= 15 is 0 Å². The minimum atomic E-state index is -0.263. The van der Waals surface area contributed by atoms with E-state index in [0.29, 0.717) is 0 Å². The number of rotatable bonds is 11. The summed E-state index contributed by atoms with van der Waals surface area (Å²) >= 11 is 0. The van der Waals surface area contributed by atoms with Crippen molar-refractivity contribution in [2.24, 2.45) is 5.73 Å². The average Bonchev–Trinajstić information content (AvgIpc) is 2.32. The standard InChI is InChI=1S/C12H27N3O2/c1-4-7-14-11(12(13)16)6-8-15(5-2)9-10-17-3/h11,14H,4-10H2,1-3H3,(H2,13,16). The van der Waals surface area contributed by atoms with Crippen molar-refractivity contribution in [2.75, 3.05) is 39.9 Å². The van der Waals surface area contributed by atoms with Gasteiger partial charge in [-0.05, 0) is 25.9 Å². The molecule has 0 heterocycles. The van der Waals surface area contributed by atoms with Crippen molar-refractivity contribution in [1.82, 2.24) is 10.2 Å². The van der Waals surface area contributed by atoms with Crippen LogP contribution in [0, 0.1) is 0 Å². The van der Waals surface area contributed by atoms with Crippen LogP contribution in [0.5, 0.6) is 0 Å². The van der Waals surface area contributed by atoms with Gasteiger partial charge in [0.25, 0.3) is 0 Å². The Balaban J connectivity index is 3.94. The minimum absolute atomic E-state index is 0.216. The van der Waals surface area contributed by atoms with E-state index in [-0.39, 0.29) is 11.9 Å². The molecule has 1 unspecified atom stereocenters.